The molecule has 3 heterocycles. The minimum Gasteiger partial charge on any atom is -0.465 e. The first-order valence-corrected chi connectivity index (χ1v) is 16.2. The van der Waals surface area contributed by atoms with Gasteiger partial charge in [0.25, 0.3) is 5.91 Å². The first-order chi connectivity index (χ1) is 20.8. The van der Waals surface area contributed by atoms with Crippen molar-refractivity contribution >= 4 is 48.5 Å². The van der Waals surface area contributed by atoms with Crippen molar-refractivity contribution in [2.24, 2.45) is 0 Å². The summed E-state index contributed by atoms with van der Waals surface area (Å²) in [5, 5.41) is 2.87. The number of methoxy groups -OCH3 is 1. The molecule has 1 atom stereocenters. The quantitative estimate of drug-likeness (QED) is 0.238. The molecule has 1 unspecified atom stereocenters. The molecule has 2 aromatic heterocycles. The number of rotatable bonds is 10. The van der Waals surface area contributed by atoms with Gasteiger partial charge in [0, 0.05) is 19.3 Å². The standard InChI is InChI=1S/C30H29N3O8S2/c1-38-29(35)19-2-6-20(7-3-19)40-25-13-12-24-28(32-25)42-30(31-24)33-27(34)26(41-21-14-16-39-17-15-21)18-4-8-22(9-5-18)43(36,37)23-10-11-23/h2-9,12-13,21,23,26H,10-11,14-17H2,1H3,(H,31,33,34). The Labute approximate surface area is 252 Å². The Hall–Kier alpha value is -3.91. The number of nitrogens with one attached hydrogen (secondary N) is 1. The van der Waals surface area contributed by atoms with Gasteiger partial charge in [-0.25, -0.2) is 23.2 Å². The molecule has 224 valence electrons. The van der Waals surface area contributed by atoms with Gasteiger partial charge in [-0.3, -0.25) is 10.1 Å². The summed E-state index contributed by atoms with van der Waals surface area (Å²) >= 11 is 1.18. The molecule has 4 aromatic rings. The van der Waals surface area contributed by atoms with Gasteiger partial charge in [-0.15, -0.1) is 0 Å². The second-order valence-corrected chi connectivity index (χ2v) is 13.4. The molecule has 43 heavy (non-hydrogen) atoms. The molecule has 2 aromatic carbocycles. The molecule has 2 fully saturated rings. The summed E-state index contributed by atoms with van der Waals surface area (Å²) in [5.74, 6) is -0.0572. The predicted octanol–water partition coefficient (Wildman–Crippen LogP) is 5.08. The maximum absolute atomic E-state index is 13.6. The Bertz CT molecular complexity index is 1730. The largest absolute Gasteiger partial charge is 0.465 e. The molecule has 13 heteroatoms. The van der Waals surface area contributed by atoms with Crippen molar-refractivity contribution in [2.75, 3.05) is 25.6 Å². The molecule has 0 bridgehead atoms. The highest BCUT2D eigenvalue weighted by Crippen LogP contribution is 2.35. The van der Waals surface area contributed by atoms with Gasteiger partial charge in [-0.2, -0.15) is 0 Å². The number of hydrogen-bond donors (Lipinski definition) is 1. The van der Waals surface area contributed by atoms with Crippen molar-refractivity contribution in [2.45, 2.75) is 48.0 Å². The maximum atomic E-state index is 13.6. The Morgan fingerprint density at radius 1 is 0.953 bits per heavy atom. The molecule has 1 saturated heterocycles. The average molecular weight is 624 g/mol. The van der Waals surface area contributed by atoms with Crippen LogP contribution in [0, 0.1) is 0 Å². The lowest BCUT2D eigenvalue weighted by Crippen LogP contribution is -2.31. The van der Waals surface area contributed by atoms with E-state index in [9.17, 15) is 18.0 Å². The molecule has 11 nitrogen and oxygen atoms in total. The number of fused-ring (bicyclic) bond motifs is 1. The summed E-state index contributed by atoms with van der Waals surface area (Å²) in [5.41, 5.74) is 1.52. The highest BCUT2D eigenvalue weighted by Gasteiger charge is 2.37. The van der Waals surface area contributed by atoms with Gasteiger partial charge in [-0.05, 0) is 73.7 Å². The van der Waals surface area contributed by atoms with Crippen LogP contribution >= 0.6 is 11.3 Å². The van der Waals surface area contributed by atoms with Crippen LogP contribution in [-0.2, 0) is 28.8 Å². The van der Waals surface area contributed by atoms with E-state index in [0.29, 0.717) is 77.1 Å². The number of amides is 1. The fourth-order valence-electron chi connectivity index (χ4n) is 4.68. The topological polar surface area (TPSA) is 143 Å². The lowest BCUT2D eigenvalue weighted by atomic mass is 10.1. The number of benzene rings is 2. The van der Waals surface area contributed by atoms with Gasteiger partial charge in [0.05, 0.1) is 28.9 Å². The van der Waals surface area contributed by atoms with E-state index < -0.39 is 27.8 Å². The third-order valence-corrected chi connectivity index (χ3v) is 10.3. The van der Waals surface area contributed by atoms with E-state index >= 15 is 0 Å². The van der Waals surface area contributed by atoms with E-state index in [0.717, 1.165) is 0 Å². The maximum Gasteiger partial charge on any atom is 0.337 e. The molecular weight excluding hydrogens is 594 g/mol. The average Bonchev–Trinajstić information content (AvgIpc) is 3.82. The van der Waals surface area contributed by atoms with Crippen LogP contribution < -0.4 is 10.1 Å². The van der Waals surface area contributed by atoms with Crippen LogP contribution in [-0.4, -0.2) is 61.9 Å². The van der Waals surface area contributed by atoms with Gasteiger partial charge < -0.3 is 18.9 Å². The zero-order valence-electron chi connectivity index (χ0n) is 23.2. The van der Waals surface area contributed by atoms with E-state index in [1.807, 2.05) is 0 Å². The van der Waals surface area contributed by atoms with Crippen molar-refractivity contribution in [1.82, 2.24) is 9.97 Å². The van der Waals surface area contributed by atoms with E-state index in [1.54, 1.807) is 60.7 Å². The van der Waals surface area contributed by atoms with E-state index in [-0.39, 0.29) is 16.2 Å². The molecule has 2 aliphatic rings. The number of ether oxygens (including phenoxy) is 4. The highest BCUT2D eigenvalue weighted by atomic mass is 32.2. The monoisotopic (exact) mass is 623 g/mol. The van der Waals surface area contributed by atoms with Crippen molar-refractivity contribution in [3.63, 3.8) is 0 Å². The van der Waals surface area contributed by atoms with Gasteiger partial charge in [-0.1, -0.05) is 23.5 Å². The number of carbonyl (C=O) groups excluding carboxylic acids is 2. The lowest BCUT2D eigenvalue weighted by Gasteiger charge is -2.27. The second-order valence-electron chi connectivity index (χ2n) is 10.2. The van der Waals surface area contributed by atoms with Crippen molar-refractivity contribution in [3.8, 4) is 11.6 Å². The van der Waals surface area contributed by atoms with E-state index in [1.165, 1.54) is 18.4 Å². The third-order valence-electron chi connectivity index (χ3n) is 7.17. The molecule has 1 aliphatic carbocycles. The van der Waals surface area contributed by atoms with Crippen molar-refractivity contribution < 1.29 is 37.0 Å². The summed E-state index contributed by atoms with van der Waals surface area (Å²) in [7, 11) is -2.03. The fraction of sp³-hybridized carbons (Fsp3) is 0.333. The van der Waals surface area contributed by atoms with Crippen LogP contribution in [0.2, 0.25) is 0 Å². The second kappa shape index (κ2) is 12.4. The number of aromatic nitrogens is 2. The molecule has 1 aliphatic heterocycles. The van der Waals surface area contributed by atoms with E-state index in [2.05, 4.69) is 15.3 Å². The number of sulfone groups is 1. The fourth-order valence-corrected chi connectivity index (χ4v) is 7.17. The van der Waals surface area contributed by atoms with Gasteiger partial charge in [0.15, 0.2) is 21.1 Å². The van der Waals surface area contributed by atoms with Crippen LogP contribution in [0.1, 0.15) is 47.7 Å². The third kappa shape index (κ3) is 6.69. The number of carbonyl (C=O) groups is 2. The van der Waals surface area contributed by atoms with Crippen LogP contribution in [0.3, 0.4) is 0 Å². The molecule has 1 amide bonds. The van der Waals surface area contributed by atoms with Crippen LogP contribution in [0.4, 0.5) is 5.13 Å². The Morgan fingerprint density at radius 2 is 1.67 bits per heavy atom. The van der Waals surface area contributed by atoms with E-state index in [4.69, 9.17) is 18.9 Å². The zero-order valence-corrected chi connectivity index (χ0v) is 24.9. The SMILES string of the molecule is COC(=O)c1ccc(Oc2ccc3nc(NC(=O)C(OC4CCOCC4)c4ccc(S(=O)(=O)C5CC5)cc4)sc3n2)cc1. The lowest BCUT2D eigenvalue weighted by molar-refractivity contribution is -0.136. The minimum atomic E-state index is -3.35. The summed E-state index contributed by atoms with van der Waals surface area (Å²) < 4.78 is 47.6. The Kier molecular flexibility index (Phi) is 8.39. The molecule has 1 saturated carbocycles. The number of esters is 1. The molecule has 0 spiro atoms. The smallest absolute Gasteiger partial charge is 0.337 e. The zero-order chi connectivity index (χ0) is 30.0. The number of hydrogen-bond acceptors (Lipinski definition) is 11. The first kappa shape index (κ1) is 29.2. The number of pyridine rings is 1. The summed E-state index contributed by atoms with van der Waals surface area (Å²) in [4.78, 5) is 35.0. The summed E-state index contributed by atoms with van der Waals surface area (Å²) in [6, 6.07) is 16.2. The predicted molar refractivity (Wildman–Crippen MR) is 158 cm³/mol. The van der Waals surface area contributed by atoms with Crippen LogP contribution in [0.25, 0.3) is 10.3 Å². The number of thiazole rings is 1. The minimum absolute atomic E-state index is 0.183. The highest BCUT2D eigenvalue weighted by molar-refractivity contribution is 7.92. The molecule has 6 rings (SSSR count). The van der Waals surface area contributed by atoms with Gasteiger partial charge in [0.2, 0.25) is 5.88 Å². The van der Waals surface area contributed by atoms with Crippen LogP contribution in [0.15, 0.2) is 65.6 Å². The van der Waals surface area contributed by atoms with Gasteiger partial charge in [0.1, 0.15) is 16.1 Å². The number of anilines is 1. The summed E-state index contributed by atoms with van der Waals surface area (Å²) in [6.07, 6.45) is 1.49. The molecule has 1 N–H and O–H groups in total. The molecular formula is C30H29N3O8S2. The Morgan fingerprint density at radius 3 is 2.35 bits per heavy atom. The van der Waals surface area contributed by atoms with Crippen molar-refractivity contribution in [1.29, 1.82) is 0 Å². The Balaban J connectivity index is 1.19. The first-order valence-electron chi connectivity index (χ1n) is 13.8. The van der Waals surface area contributed by atoms with Crippen LogP contribution in [0.5, 0.6) is 11.6 Å². The number of nitrogens with zero attached hydrogens (tertiary/aromatic N) is 2. The van der Waals surface area contributed by atoms with Crippen molar-refractivity contribution in [3.05, 3.63) is 71.8 Å². The summed E-state index contributed by atoms with van der Waals surface area (Å²) in [6.45, 7) is 1.09. The molecule has 0 radical (unpaired) electrons. The van der Waals surface area contributed by atoms with Gasteiger partial charge >= 0.3 is 5.97 Å². The normalized spacial score (nSPS) is 16.5.